The van der Waals surface area contributed by atoms with Gasteiger partial charge in [0, 0.05) is 37.9 Å². The average molecular weight is 330 g/mol. The smallest absolute Gasteiger partial charge is 0.314 e. The molecule has 1 aromatic rings. The molecule has 3 rings (SSSR count). The third-order valence-electron chi connectivity index (χ3n) is 5.13. The number of likely N-dealkylation sites (tertiary alicyclic amines) is 1. The topological polar surface area (TPSA) is 78.7 Å². The first-order valence-electron chi connectivity index (χ1n) is 8.73. The van der Waals surface area contributed by atoms with E-state index in [9.17, 15) is 9.59 Å². The Bertz CT molecular complexity index is 619. The number of amides is 3. The summed E-state index contributed by atoms with van der Waals surface area (Å²) in [4.78, 5) is 27.6. The van der Waals surface area contributed by atoms with Gasteiger partial charge in [0.1, 0.15) is 0 Å². The van der Waals surface area contributed by atoms with E-state index >= 15 is 0 Å². The SMILES string of the molecule is CC(CNC(=O)C1CCCN(C(N)=O)C1)N1CCc2ccccc21. The Hall–Kier alpha value is -2.24. The number of hydrogen-bond acceptors (Lipinski definition) is 3. The second-order valence-electron chi connectivity index (χ2n) is 6.79. The number of primary amides is 1. The number of carbonyl (C=O) groups is 2. The highest BCUT2D eigenvalue weighted by Crippen LogP contribution is 2.29. The van der Waals surface area contributed by atoms with Gasteiger partial charge in [-0.15, -0.1) is 0 Å². The minimum atomic E-state index is -0.436. The van der Waals surface area contributed by atoms with E-state index in [1.807, 2.05) is 0 Å². The fourth-order valence-electron chi connectivity index (χ4n) is 3.72. The molecule has 0 aliphatic carbocycles. The van der Waals surface area contributed by atoms with Gasteiger partial charge in [0.05, 0.1) is 5.92 Å². The molecule has 1 saturated heterocycles. The Kier molecular flexibility index (Phi) is 4.92. The first-order chi connectivity index (χ1) is 11.6. The molecule has 0 spiro atoms. The summed E-state index contributed by atoms with van der Waals surface area (Å²) in [6.07, 6.45) is 2.71. The van der Waals surface area contributed by atoms with Crippen LogP contribution in [0, 0.1) is 5.92 Å². The number of nitrogens with one attached hydrogen (secondary N) is 1. The summed E-state index contributed by atoms with van der Waals surface area (Å²) in [6, 6.07) is 8.25. The standard InChI is InChI=1S/C18H26N4O2/c1-13(22-10-8-14-5-2-3-7-16(14)22)11-20-17(23)15-6-4-9-21(12-15)18(19)24/h2-3,5,7,13,15H,4,6,8-12H2,1H3,(H2,19,24)(H,20,23). The van der Waals surface area contributed by atoms with E-state index in [2.05, 4.69) is 41.4 Å². The number of rotatable bonds is 4. The largest absolute Gasteiger partial charge is 0.366 e. The molecule has 2 unspecified atom stereocenters. The van der Waals surface area contributed by atoms with Gasteiger partial charge < -0.3 is 20.9 Å². The number of nitrogens with two attached hydrogens (primary N) is 1. The van der Waals surface area contributed by atoms with Crippen LogP contribution in [0.5, 0.6) is 0 Å². The van der Waals surface area contributed by atoms with Gasteiger partial charge in [-0.1, -0.05) is 18.2 Å². The quantitative estimate of drug-likeness (QED) is 0.874. The molecule has 0 radical (unpaired) electrons. The van der Waals surface area contributed by atoms with Crippen molar-refractivity contribution in [3.63, 3.8) is 0 Å². The van der Waals surface area contributed by atoms with Crippen LogP contribution in [0.3, 0.4) is 0 Å². The monoisotopic (exact) mass is 330 g/mol. The van der Waals surface area contributed by atoms with E-state index in [0.29, 0.717) is 19.6 Å². The summed E-state index contributed by atoms with van der Waals surface area (Å²) < 4.78 is 0. The van der Waals surface area contributed by atoms with Crippen LogP contribution in [-0.2, 0) is 11.2 Å². The average Bonchev–Trinajstić information content (AvgIpc) is 3.03. The number of urea groups is 1. The number of nitrogens with zero attached hydrogens (tertiary/aromatic N) is 2. The van der Waals surface area contributed by atoms with E-state index in [1.54, 1.807) is 4.90 Å². The Labute approximate surface area is 143 Å². The summed E-state index contributed by atoms with van der Waals surface area (Å²) in [7, 11) is 0. The molecule has 1 aromatic carbocycles. The molecule has 130 valence electrons. The Morgan fingerprint density at radius 2 is 2.12 bits per heavy atom. The van der Waals surface area contributed by atoms with Gasteiger partial charge in [0.15, 0.2) is 0 Å². The summed E-state index contributed by atoms with van der Waals surface area (Å²) in [5.74, 6) is -0.121. The maximum Gasteiger partial charge on any atom is 0.314 e. The van der Waals surface area contributed by atoms with Crippen molar-refractivity contribution in [1.82, 2.24) is 10.2 Å². The van der Waals surface area contributed by atoms with Gasteiger partial charge >= 0.3 is 6.03 Å². The van der Waals surface area contributed by atoms with Crippen molar-refractivity contribution in [2.45, 2.75) is 32.2 Å². The minimum absolute atomic E-state index is 0.0280. The lowest BCUT2D eigenvalue weighted by Crippen LogP contribution is -2.49. The van der Waals surface area contributed by atoms with Crippen LogP contribution in [0.2, 0.25) is 0 Å². The fraction of sp³-hybridized carbons (Fsp3) is 0.556. The molecule has 0 aromatic heterocycles. The second-order valence-corrected chi connectivity index (χ2v) is 6.79. The molecule has 3 N–H and O–H groups in total. The van der Waals surface area contributed by atoms with E-state index < -0.39 is 6.03 Å². The molecule has 3 amide bonds. The Balaban J connectivity index is 1.52. The number of fused-ring (bicyclic) bond motifs is 1. The van der Waals surface area contributed by atoms with Crippen molar-refractivity contribution < 1.29 is 9.59 Å². The van der Waals surface area contributed by atoms with Gasteiger partial charge in [-0.25, -0.2) is 4.79 Å². The van der Waals surface area contributed by atoms with Crippen molar-refractivity contribution in [1.29, 1.82) is 0 Å². The van der Waals surface area contributed by atoms with Crippen LogP contribution in [0.15, 0.2) is 24.3 Å². The molecule has 6 heteroatoms. The first kappa shape index (κ1) is 16.6. The van der Waals surface area contributed by atoms with Gasteiger partial charge in [-0.2, -0.15) is 0 Å². The molecular formula is C18H26N4O2. The predicted molar refractivity (Wildman–Crippen MR) is 93.8 cm³/mol. The predicted octanol–water partition coefficient (Wildman–Crippen LogP) is 1.34. The first-order valence-corrected chi connectivity index (χ1v) is 8.73. The molecule has 6 nitrogen and oxygen atoms in total. The van der Waals surface area contributed by atoms with E-state index in [-0.39, 0.29) is 17.9 Å². The molecular weight excluding hydrogens is 304 g/mol. The number of hydrogen-bond donors (Lipinski definition) is 2. The lowest BCUT2D eigenvalue weighted by Gasteiger charge is -2.32. The third-order valence-corrected chi connectivity index (χ3v) is 5.13. The highest BCUT2D eigenvalue weighted by molar-refractivity contribution is 5.80. The lowest BCUT2D eigenvalue weighted by molar-refractivity contribution is -0.126. The lowest BCUT2D eigenvalue weighted by atomic mass is 9.97. The highest BCUT2D eigenvalue weighted by Gasteiger charge is 2.28. The summed E-state index contributed by atoms with van der Waals surface area (Å²) in [6.45, 7) is 4.83. The summed E-state index contributed by atoms with van der Waals surface area (Å²) in [5, 5.41) is 3.06. The van der Waals surface area contributed by atoms with Crippen molar-refractivity contribution >= 4 is 17.6 Å². The van der Waals surface area contributed by atoms with Crippen molar-refractivity contribution in [2.75, 3.05) is 31.1 Å². The number of carbonyl (C=O) groups excluding carboxylic acids is 2. The zero-order chi connectivity index (χ0) is 17.1. The zero-order valence-electron chi connectivity index (χ0n) is 14.2. The van der Waals surface area contributed by atoms with Crippen LogP contribution in [0.25, 0.3) is 0 Å². The van der Waals surface area contributed by atoms with Crippen LogP contribution >= 0.6 is 0 Å². The van der Waals surface area contributed by atoms with Crippen LogP contribution in [-0.4, -0.2) is 49.1 Å². The molecule has 2 aliphatic heterocycles. The van der Waals surface area contributed by atoms with Crippen molar-refractivity contribution in [3.8, 4) is 0 Å². The molecule has 2 atom stereocenters. The summed E-state index contributed by atoms with van der Waals surface area (Å²) in [5.41, 5.74) is 7.98. The zero-order valence-corrected chi connectivity index (χ0v) is 14.2. The van der Waals surface area contributed by atoms with Crippen LogP contribution in [0.1, 0.15) is 25.3 Å². The van der Waals surface area contributed by atoms with Gasteiger partial charge in [0.2, 0.25) is 5.91 Å². The van der Waals surface area contributed by atoms with E-state index in [0.717, 1.165) is 25.8 Å². The third kappa shape index (κ3) is 3.47. The number of anilines is 1. The minimum Gasteiger partial charge on any atom is -0.366 e. The van der Waals surface area contributed by atoms with Crippen LogP contribution in [0.4, 0.5) is 10.5 Å². The fourth-order valence-corrected chi connectivity index (χ4v) is 3.72. The highest BCUT2D eigenvalue weighted by atomic mass is 16.2. The summed E-state index contributed by atoms with van der Waals surface area (Å²) >= 11 is 0. The Morgan fingerprint density at radius 3 is 2.92 bits per heavy atom. The van der Waals surface area contributed by atoms with Crippen LogP contribution < -0.4 is 16.0 Å². The van der Waals surface area contributed by atoms with Gasteiger partial charge in [-0.3, -0.25) is 4.79 Å². The van der Waals surface area contributed by atoms with E-state index in [4.69, 9.17) is 5.73 Å². The van der Waals surface area contributed by atoms with Crippen molar-refractivity contribution in [3.05, 3.63) is 29.8 Å². The van der Waals surface area contributed by atoms with Gasteiger partial charge in [-0.05, 0) is 37.8 Å². The second kappa shape index (κ2) is 7.11. The molecule has 0 saturated carbocycles. The Morgan fingerprint density at radius 1 is 1.33 bits per heavy atom. The number of benzene rings is 1. The maximum atomic E-state index is 12.4. The molecule has 2 heterocycles. The van der Waals surface area contributed by atoms with Gasteiger partial charge in [0.25, 0.3) is 0 Å². The van der Waals surface area contributed by atoms with Crippen molar-refractivity contribution in [2.24, 2.45) is 11.7 Å². The molecule has 0 bridgehead atoms. The van der Waals surface area contributed by atoms with E-state index in [1.165, 1.54) is 11.3 Å². The number of piperidine rings is 1. The maximum absolute atomic E-state index is 12.4. The molecule has 24 heavy (non-hydrogen) atoms. The number of para-hydroxylation sites is 1. The molecule has 2 aliphatic rings. The molecule has 1 fully saturated rings. The normalized spacial score (nSPS) is 21.3.